The van der Waals surface area contributed by atoms with E-state index in [2.05, 4.69) is 30.6 Å². The molecule has 1 fully saturated rings. The molecule has 1 aliphatic heterocycles. The number of carbonyl (C=O) groups excluding carboxylic acids is 1. The summed E-state index contributed by atoms with van der Waals surface area (Å²) >= 11 is 4.71. The Morgan fingerprint density at radius 1 is 1.24 bits per heavy atom. The number of likely N-dealkylation sites (tertiary alicyclic amines) is 1. The Morgan fingerprint density at radius 3 is 2.76 bits per heavy atom. The fraction of sp³-hybridized carbons (Fsp3) is 0.333. The van der Waals surface area contributed by atoms with Gasteiger partial charge >= 0.3 is 6.36 Å². The summed E-state index contributed by atoms with van der Waals surface area (Å²) in [7, 11) is 1.27. The molecule has 0 bridgehead atoms. The third-order valence-electron chi connectivity index (χ3n) is 6.13. The lowest BCUT2D eigenvalue weighted by atomic mass is 9.97. The molecule has 0 atom stereocenters. The average molecular weight is 596 g/mol. The lowest BCUT2D eigenvalue weighted by Crippen LogP contribution is -2.39. The Balaban J connectivity index is 1.25. The number of rotatable bonds is 6. The molecule has 0 unspecified atom stereocenters. The van der Waals surface area contributed by atoms with Crippen LogP contribution in [0.5, 0.6) is 11.5 Å². The third-order valence-corrected chi connectivity index (χ3v) is 7.73. The van der Waals surface area contributed by atoms with Crippen molar-refractivity contribution in [2.45, 2.75) is 31.7 Å². The van der Waals surface area contributed by atoms with Crippen LogP contribution in [0.3, 0.4) is 0 Å². The lowest BCUT2D eigenvalue weighted by Gasteiger charge is -2.31. The molecule has 13 heteroatoms. The summed E-state index contributed by atoms with van der Waals surface area (Å²) in [6.07, 6.45) is -0.0617. The monoisotopic (exact) mass is 595 g/mol. The van der Waals surface area contributed by atoms with Crippen LogP contribution < -0.4 is 9.47 Å². The number of alkyl halides is 3. The molecular formula is C24H21BrF3N5O3S. The number of hydrogen-bond donors (Lipinski definition) is 0. The summed E-state index contributed by atoms with van der Waals surface area (Å²) in [4.78, 5) is 28.0. The summed E-state index contributed by atoms with van der Waals surface area (Å²) in [5.74, 6) is -0.329. The fourth-order valence-electron chi connectivity index (χ4n) is 4.36. The minimum atomic E-state index is -4.86. The normalized spacial score (nSPS) is 14.8. The van der Waals surface area contributed by atoms with E-state index in [4.69, 9.17) is 9.72 Å². The number of nitrogens with zero attached hydrogens (tertiary/aromatic N) is 5. The van der Waals surface area contributed by atoms with E-state index in [1.165, 1.54) is 24.5 Å². The quantitative estimate of drug-likeness (QED) is 0.287. The number of hydrogen-bond acceptors (Lipinski definition) is 7. The van der Waals surface area contributed by atoms with Crippen molar-refractivity contribution in [1.29, 1.82) is 0 Å². The number of carbonyl (C=O) groups is 1. The number of ether oxygens (including phenoxy) is 2. The molecule has 1 saturated heterocycles. The summed E-state index contributed by atoms with van der Waals surface area (Å²) in [5.41, 5.74) is 2.45. The maximum absolute atomic E-state index is 12.9. The van der Waals surface area contributed by atoms with Gasteiger partial charge in [0.05, 0.1) is 28.6 Å². The molecule has 4 aromatic rings. The molecule has 5 rings (SSSR count). The van der Waals surface area contributed by atoms with E-state index in [0.29, 0.717) is 34.5 Å². The largest absolute Gasteiger partial charge is 0.573 e. The number of pyridine rings is 1. The molecule has 1 aromatic carbocycles. The zero-order valence-electron chi connectivity index (χ0n) is 19.5. The van der Waals surface area contributed by atoms with Gasteiger partial charge in [-0.05, 0) is 53.0 Å². The molecule has 1 aliphatic rings. The van der Waals surface area contributed by atoms with Gasteiger partial charge in [0.2, 0.25) is 5.91 Å². The van der Waals surface area contributed by atoms with Gasteiger partial charge in [-0.2, -0.15) is 0 Å². The molecule has 194 valence electrons. The minimum Gasteiger partial charge on any atom is -0.492 e. The molecule has 4 heterocycles. The average Bonchev–Trinajstić information content (AvgIpc) is 3.51. The van der Waals surface area contributed by atoms with Gasteiger partial charge in [0.25, 0.3) is 0 Å². The minimum absolute atomic E-state index is 0.00325. The number of benzene rings is 1. The predicted molar refractivity (Wildman–Crippen MR) is 135 cm³/mol. The van der Waals surface area contributed by atoms with Crippen molar-refractivity contribution in [3.05, 3.63) is 51.7 Å². The van der Waals surface area contributed by atoms with Crippen LogP contribution in [0, 0.1) is 0 Å². The summed E-state index contributed by atoms with van der Waals surface area (Å²) in [6, 6.07) is 6.58. The number of halogens is 4. The Labute approximate surface area is 222 Å². The molecule has 0 saturated carbocycles. The van der Waals surface area contributed by atoms with Crippen LogP contribution in [-0.2, 0) is 11.3 Å². The maximum Gasteiger partial charge on any atom is 0.573 e. The molecule has 37 heavy (non-hydrogen) atoms. The molecule has 0 spiro atoms. The van der Waals surface area contributed by atoms with Gasteiger partial charge in [-0.3, -0.25) is 4.79 Å². The van der Waals surface area contributed by atoms with Crippen molar-refractivity contribution >= 4 is 44.3 Å². The molecule has 0 aliphatic carbocycles. The van der Waals surface area contributed by atoms with E-state index in [1.54, 1.807) is 29.2 Å². The number of aromatic nitrogens is 4. The fourth-order valence-corrected chi connectivity index (χ4v) is 5.96. The number of imidazole rings is 1. The Kier molecular flexibility index (Phi) is 7.08. The number of piperidine rings is 1. The van der Waals surface area contributed by atoms with Gasteiger partial charge in [0, 0.05) is 36.1 Å². The smallest absolute Gasteiger partial charge is 0.492 e. The summed E-state index contributed by atoms with van der Waals surface area (Å²) < 4.78 is 50.0. The Hall–Kier alpha value is -3.19. The van der Waals surface area contributed by atoms with E-state index in [1.807, 2.05) is 16.3 Å². The number of amides is 1. The van der Waals surface area contributed by atoms with E-state index in [-0.39, 0.29) is 24.1 Å². The van der Waals surface area contributed by atoms with E-state index >= 15 is 0 Å². The first-order valence-electron chi connectivity index (χ1n) is 11.3. The zero-order valence-corrected chi connectivity index (χ0v) is 21.9. The summed E-state index contributed by atoms with van der Waals surface area (Å²) in [6.45, 7) is 1.36. The lowest BCUT2D eigenvalue weighted by molar-refractivity contribution is -0.275. The molecule has 3 aromatic heterocycles. The standard InChI is InChI=1S/C24H21BrF3N5O3S/c1-35-21-16(25)9-15(10-19(21)36-24(26,27)28)18-12-37-23(31-18)14-4-7-32(8-5-14)20(34)11-33-13-30-17-3-2-6-29-22(17)33/h2-3,6,9-10,12-14H,4-5,7-8,11H2,1H3. The number of methoxy groups -OCH3 is 1. The third kappa shape index (κ3) is 5.57. The maximum atomic E-state index is 12.9. The molecule has 0 radical (unpaired) electrons. The highest BCUT2D eigenvalue weighted by atomic mass is 79.9. The van der Waals surface area contributed by atoms with Crippen molar-refractivity contribution in [1.82, 2.24) is 24.4 Å². The Morgan fingerprint density at radius 2 is 2.03 bits per heavy atom. The van der Waals surface area contributed by atoms with Crippen molar-refractivity contribution in [3.63, 3.8) is 0 Å². The van der Waals surface area contributed by atoms with Crippen LogP contribution in [0.15, 0.2) is 46.6 Å². The first-order valence-corrected chi connectivity index (χ1v) is 13.0. The van der Waals surface area contributed by atoms with Crippen LogP contribution in [0.4, 0.5) is 13.2 Å². The van der Waals surface area contributed by atoms with Gasteiger partial charge in [-0.1, -0.05) is 0 Å². The zero-order chi connectivity index (χ0) is 26.2. The molecule has 1 amide bonds. The van der Waals surface area contributed by atoms with Gasteiger partial charge in [0.15, 0.2) is 17.1 Å². The van der Waals surface area contributed by atoms with Crippen LogP contribution in [-0.4, -0.2) is 56.9 Å². The van der Waals surface area contributed by atoms with Gasteiger partial charge < -0.3 is 18.9 Å². The van der Waals surface area contributed by atoms with Gasteiger partial charge in [-0.15, -0.1) is 24.5 Å². The van der Waals surface area contributed by atoms with E-state index in [0.717, 1.165) is 23.4 Å². The molecule has 8 nitrogen and oxygen atoms in total. The molecular weight excluding hydrogens is 575 g/mol. The predicted octanol–water partition coefficient (Wildman–Crippen LogP) is 5.63. The second kappa shape index (κ2) is 10.3. The van der Waals surface area contributed by atoms with Gasteiger partial charge in [0.1, 0.15) is 12.1 Å². The van der Waals surface area contributed by atoms with E-state index in [9.17, 15) is 18.0 Å². The highest BCUT2D eigenvalue weighted by Gasteiger charge is 2.33. The second-order valence-corrected chi connectivity index (χ2v) is 10.2. The summed E-state index contributed by atoms with van der Waals surface area (Å²) in [5, 5.41) is 2.70. The van der Waals surface area contributed by atoms with E-state index < -0.39 is 12.1 Å². The topological polar surface area (TPSA) is 82.4 Å². The number of thiazole rings is 1. The molecule has 0 N–H and O–H groups in total. The van der Waals surface area contributed by atoms with Gasteiger partial charge in [-0.25, -0.2) is 15.0 Å². The first kappa shape index (κ1) is 25.5. The number of fused-ring (bicyclic) bond motifs is 1. The van der Waals surface area contributed by atoms with Crippen molar-refractivity contribution in [3.8, 4) is 22.8 Å². The van der Waals surface area contributed by atoms with Crippen molar-refractivity contribution in [2.75, 3.05) is 20.2 Å². The second-order valence-electron chi connectivity index (χ2n) is 8.48. The van der Waals surface area contributed by atoms with Crippen LogP contribution in [0.25, 0.3) is 22.4 Å². The van der Waals surface area contributed by atoms with Crippen LogP contribution in [0.2, 0.25) is 0 Å². The Bertz CT molecular complexity index is 1430. The van der Waals surface area contributed by atoms with Crippen molar-refractivity contribution < 1.29 is 27.4 Å². The highest BCUT2D eigenvalue weighted by Crippen LogP contribution is 2.42. The van der Waals surface area contributed by atoms with Crippen molar-refractivity contribution in [2.24, 2.45) is 0 Å². The van der Waals surface area contributed by atoms with Crippen LogP contribution >= 0.6 is 27.3 Å². The highest BCUT2D eigenvalue weighted by molar-refractivity contribution is 9.10. The van der Waals surface area contributed by atoms with Crippen LogP contribution in [0.1, 0.15) is 23.8 Å². The SMILES string of the molecule is COc1c(Br)cc(-c2csc(C3CCN(C(=O)Cn4cnc5cccnc54)CC3)n2)cc1OC(F)(F)F. The first-order chi connectivity index (χ1) is 17.7.